The van der Waals surface area contributed by atoms with E-state index in [1.54, 1.807) is 168 Å². The van der Waals surface area contributed by atoms with Gasteiger partial charge in [-0.2, -0.15) is 0 Å². The van der Waals surface area contributed by atoms with Crippen LogP contribution in [0.1, 0.15) is 85.4 Å². The number of fused-ring (bicyclic) bond motifs is 1. The number of amides is 7. The van der Waals surface area contributed by atoms with Crippen LogP contribution in [0.15, 0.2) is 169 Å². The van der Waals surface area contributed by atoms with Crippen molar-refractivity contribution in [3.63, 3.8) is 0 Å². The Bertz CT molecular complexity index is 3890. The lowest BCUT2D eigenvalue weighted by atomic mass is 9.90. The number of para-hydroxylation sites is 2. The molecule has 0 radical (unpaired) electrons. The second kappa shape index (κ2) is 34.1. The van der Waals surface area contributed by atoms with Crippen LogP contribution < -0.4 is 36.8 Å². The first kappa shape index (κ1) is 70.6. The monoisotopic (exact) mass is 1340 g/mol. The van der Waals surface area contributed by atoms with E-state index in [9.17, 15) is 38.7 Å². The average Bonchev–Trinajstić information content (AvgIpc) is 1.21. The minimum Gasteiger partial charge on any atom is -0.481 e. The van der Waals surface area contributed by atoms with Crippen LogP contribution in [-0.2, 0) is 71.9 Å². The molecule has 1 aliphatic rings. The fraction of sp³-hybridized carbons (Fsp3) is 0.347. The molecule has 1 aliphatic heterocycles. The Kier molecular flexibility index (Phi) is 24.8. The van der Waals surface area contributed by atoms with Crippen molar-refractivity contribution in [2.75, 3.05) is 37.7 Å². The van der Waals surface area contributed by atoms with E-state index in [0.717, 1.165) is 17.0 Å². The highest BCUT2D eigenvalue weighted by molar-refractivity contribution is 7.10. The summed E-state index contributed by atoms with van der Waals surface area (Å²) in [6.45, 7) is 8.67. The number of hydrogen-bond donors (Lipinski definition) is 9. The molecule has 3 heterocycles. The standard InChI is InChI=1S/C72H81N9O15S/c1-44(2)37-56(70(93)95-43-57(82)47-25-14-8-15-26-47)75-67(88)62(58-31-20-36-97-58)79-66(87)61(52(69(91)92)39-46-23-12-7-13-24-46)78-64(85)55(41-59(83)81-34-32-80(33-35-81)49-27-16-9-17-28-49)74-65(86)60(51(68(89)90)38-45-21-10-6-11-22-45)77-63(84)54(76-71(94)96-72(3,4)5)40-48-42-73-53-30-19-18-29-50(48)53/h6-31,36,42,44,51-52,54-56,60-62,73H,32-35,37-41,43H2,1-5H3,(H,74,86)(H,75,88)(H,76,94)(H,77,84)(H,78,85)(H,79,87)(H,89,90)(H,91,92)/t51?,52?,54-,55+,56+,60-,61+,62?/m1/s1/i/hD. The fourth-order valence-electron chi connectivity index (χ4n) is 11.3. The summed E-state index contributed by atoms with van der Waals surface area (Å²) < 4.78 is 18.9. The van der Waals surface area contributed by atoms with E-state index >= 15 is 19.2 Å². The summed E-state index contributed by atoms with van der Waals surface area (Å²) in [5.41, 5.74) is 2.16. The van der Waals surface area contributed by atoms with Crippen molar-refractivity contribution in [1.29, 1.82) is 1.43 Å². The van der Waals surface area contributed by atoms with Crippen LogP contribution in [-0.4, -0.2) is 154 Å². The van der Waals surface area contributed by atoms with Gasteiger partial charge in [-0.05, 0) is 92.3 Å². The third-order valence-electron chi connectivity index (χ3n) is 16.2. The first-order valence-electron chi connectivity index (χ1n) is 32.3. The number of carbonyl (C=O) groups excluding carboxylic acids is 9. The number of nitrogens with one attached hydrogen (secondary N) is 7. The van der Waals surface area contributed by atoms with E-state index in [4.69, 9.17) is 10.9 Å². The molecule has 0 bridgehead atoms. The number of carboxylic acid groups (broad SMARTS) is 2. The van der Waals surface area contributed by atoms with Gasteiger partial charge in [0.25, 0.3) is 1.43 Å². The molecule has 510 valence electrons. The third-order valence-corrected chi connectivity index (χ3v) is 17.1. The van der Waals surface area contributed by atoms with Crippen LogP contribution in [0.25, 0.3) is 12.3 Å². The lowest BCUT2D eigenvalue weighted by molar-refractivity contribution is -0.149. The van der Waals surface area contributed by atoms with Crippen LogP contribution in [0.3, 0.4) is 0 Å². The predicted octanol–water partition coefficient (Wildman–Crippen LogP) is 6.56. The van der Waals surface area contributed by atoms with Gasteiger partial charge in [0, 0.05) is 65.8 Å². The van der Waals surface area contributed by atoms with E-state index < -0.39 is 145 Å². The molecule has 1 saturated heterocycles. The highest BCUT2D eigenvalue weighted by Gasteiger charge is 2.43. The molecule has 0 saturated carbocycles. The van der Waals surface area contributed by atoms with Gasteiger partial charge in [0.1, 0.15) is 41.9 Å². The molecule has 7 aromatic rings. The molecule has 7 amide bonds. The van der Waals surface area contributed by atoms with Gasteiger partial charge < -0.3 is 66.4 Å². The van der Waals surface area contributed by atoms with Crippen molar-refractivity contribution >= 4 is 93.2 Å². The molecule has 0 spiro atoms. The summed E-state index contributed by atoms with van der Waals surface area (Å²) in [7, 11) is 0. The molecule has 9 N–H and O–H groups in total. The molecule has 8 rings (SSSR count). The Balaban J connectivity index is 1.16. The lowest BCUT2D eigenvalue weighted by Gasteiger charge is -2.37. The van der Waals surface area contributed by atoms with Gasteiger partial charge in [-0.25, -0.2) is 9.59 Å². The molecule has 97 heavy (non-hydrogen) atoms. The zero-order chi connectivity index (χ0) is 70.5. The topological polar surface area (TPSA) is 341 Å². The van der Waals surface area contributed by atoms with Gasteiger partial charge >= 0.3 is 24.0 Å². The van der Waals surface area contributed by atoms with Crippen LogP contribution >= 0.6 is 11.3 Å². The SMILES string of the molecule is [2H]OC(=O)C(Cc1ccccc1)[C@H](NC(=O)[C@H](CC(=O)N1CCN(c2ccccc2)CC1)NC(=O)[C@H](NC(=O)[C@@H](Cc1c[nH]c2ccccc12)NC(=O)OC(C)(C)C)C(Cc1ccccc1)C(=O)O)C(=O)NC(C(=O)N[C@@H](CC(C)C)C(=O)OCC(=O)c1ccccc1)c1cccs1. The van der Waals surface area contributed by atoms with Crippen molar-refractivity contribution in [1.82, 2.24) is 41.8 Å². The number of anilines is 1. The van der Waals surface area contributed by atoms with E-state index in [1.807, 2.05) is 35.2 Å². The van der Waals surface area contributed by atoms with Crippen molar-refractivity contribution in [3.8, 4) is 0 Å². The van der Waals surface area contributed by atoms with Gasteiger partial charge in [-0.1, -0.05) is 147 Å². The second-order valence-corrected chi connectivity index (χ2v) is 26.0. The Hall–Kier alpha value is -10.7. The van der Waals surface area contributed by atoms with E-state index in [-0.39, 0.29) is 42.3 Å². The number of carboxylic acids is 2. The van der Waals surface area contributed by atoms with Crippen molar-refractivity contribution in [3.05, 3.63) is 196 Å². The highest BCUT2D eigenvalue weighted by atomic mass is 32.1. The summed E-state index contributed by atoms with van der Waals surface area (Å²) in [4.78, 5) is 166. The number of aromatic nitrogens is 1. The highest BCUT2D eigenvalue weighted by Crippen LogP contribution is 2.25. The number of Topliss-reactive ketones (excluding diaryl/α,β-unsaturated/α-hetero) is 1. The number of H-pyrrole nitrogens is 1. The first-order valence-corrected chi connectivity index (χ1v) is 32.7. The van der Waals surface area contributed by atoms with Gasteiger partial charge in [0.15, 0.2) is 12.4 Å². The zero-order valence-corrected chi connectivity index (χ0v) is 55.2. The average molecular weight is 1350 g/mol. The maximum atomic E-state index is 15.7. The molecule has 24 nitrogen and oxygen atoms in total. The summed E-state index contributed by atoms with van der Waals surface area (Å²) in [6, 6.07) is 33.1. The summed E-state index contributed by atoms with van der Waals surface area (Å²) in [6.07, 6.45) is -1.27. The molecule has 1 fully saturated rings. The molecular weight excluding hydrogens is 1260 g/mol. The maximum absolute atomic E-state index is 15.7. The number of ketones is 1. The van der Waals surface area contributed by atoms with Crippen molar-refractivity contribution < 1.29 is 72.4 Å². The maximum Gasteiger partial charge on any atom is 0.408 e. The minimum atomic E-state index is -2.13. The number of esters is 1. The lowest BCUT2D eigenvalue weighted by Crippen LogP contribution is -2.63. The van der Waals surface area contributed by atoms with Crippen LogP contribution in [0.4, 0.5) is 10.5 Å². The summed E-state index contributed by atoms with van der Waals surface area (Å²) in [5, 5.41) is 33.5. The third kappa shape index (κ3) is 20.9. The number of piperazine rings is 1. The minimum absolute atomic E-state index is 0.00941. The van der Waals surface area contributed by atoms with Gasteiger partial charge in [0.05, 0.1) is 18.3 Å². The van der Waals surface area contributed by atoms with Crippen molar-refractivity contribution in [2.24, 2.45) is 17.8 Å². The van der Waals surface area contributed by atoms with Crippen LogP contribution in [0, 0.1) is 17.8 Å². The van der Waals surface area contributed by atoms with Gasteiger partial charge in [0.2, 0.25) is 35.4 Å². The van der Waals surface area contributed by atoms with E-state index in [2.05, 4.69) is 42.0 Å². The number of thiophene rings is 1. The molecule has 2 aromatic heterocycles. The van der Waals surface area contributed by atoms with Gasteiger partial charge in [-0.15, -0.1) is 11.3 Å². The Morgan fingerprint density at radius 1 is 0.588 bits per heavy atom. The van der Waals surface area contributed by atoms with Crippen LogP contribution in [0.5, 0.6) is 0 Å². The zero-order valence-electron chi connectivity index (χ0n) is 55.4. The Labute approximate surface area is 566 Å². The number of aromatic amines is 1. The van der Waals surface area contributed by atoms with E-state index in [0.29, 0.717) is 40.7 Å². The molecule has 5 aromatic carbocycles. The number of aliphatic carboxylic acids is 2. The Morgan fingerprint density at radius 3 is 1.70 bits per heavy atom. The number of rotatable bonds is 31. The number of hydrogen-bond acceptors (Lipinski definition) is 16. The molecule has 0 aliphatic carbocycles. The number of benzene rings is 5. The smallest absolute Gasteiger partial charge is 0.408 e. The largest absolute Gasteiger partial charge is 0.481 e. The van der Waals surface area contributed by atoms with Crippen molar-refractivity contribution in [2.45, 2.75) is 109 Å². The predicted molar refractivity (Wildman–Crippen MR) is 362 cm³/mol. The quantitative estimate of drug-likeness (QED) is 0.0164. The molecule has 3 unspecified atom stereocenters. The normalized spacial score (nSPS) is 14.9. The summed E-state index contributed by atoms with van der Waals surface area (Å²) in [5.74, 6) is -14.8. The van der Waals surface area contributed by atoms with E-state index in [1.165, 1.54) is 11.0 Å². The molecular formula is C72H81N9O15S. The number of ether oxygens (including phenoxy) is 2. The second-order valence-electron chi connectivity index (χ2n) is 25.0. The molecule has 25 heteroatoms. The van der Waals surface area contributed by atoms with Crippen LogP contribution in [0.2, 0.25) is 0 Å². The number of alkyl carbamates (subject to hydrolysis) is 1. The van der Waals surface area contributed by atoms with Gasteiger partial charge in [-0.3, -0.25) is 43.2 Å². The summed E-state index contributed by atoms with van der Waals surface area (Å²) >= 11 is 1.02. The number of nitrogens with zero attached hydrogens (tertiary/aromatic N) is 2. The fourth-order valence-corrected chi connectivity index (χ4v) is 12.0. The molecule has 8 atom stereocenters. The Morgan fingerprint density at radius 2 is 1.13 bits per heavy atom. The number of carbonyl (C=O) groups is 11. The first-order chi connectivity index (χ1) is 46.9.